The van der Waals surface area contributed by atoms with Crippen LogP contribution in [-0.4, -0.2) is 36.3 Å². The number of likely N-dealkylation sites (tertiary alicyclic amines) is 1. The zero-order chi connectivity index (χ0) is 17.9. The van der Waals surface area contributed by atoms with Crippen LogP contribution < -0.4 is 11.1 Å². The van der Waals surface area contributed by atoms with Crippen molar-refractivity contribution in [2.24, 2.45) is 17.1 Å². The molecule has 1 atom stereocenters. The highest BCUT2D eigenvalue weighted by atomic mass is 35.5. The molecular weight excluding hydrogens is 361 g/mol. The second kappa shape index (κ2) is 8.88. The van der Waals surface area contributed by atoms with Crippen molar-refractivity contribution in [1.29, 1.82) is 0 Å². The number of benzene rings is 1. The molecule has 1 heterocycles. The summed E-state index contributed by atoms with van der Waals surface area (Å²) < 4.78 is 0. The quantitative estimate of drug-likeness (QED) is 0.810. The van der Waals surface area contributed by atoms with Crippen molar-refractivity contribution in [2.75, 3.05) is 25.0 Å². The number of halogens is 2. The van der Waals surface area contributed by atoms with Gasteiger partial charge < -0.3 is 16.0 Å². The third-order valence-corrected chi connectivity index (χ3v) is 4.74. The van der Waals surface area contributed by atoms with Crippen molar-refractivity contribution in [1.82, 2.24) is 4.90 Å². The summed E-state index contributed by atoms with van der Waals surface area (Å²) in [7, 11) is 0. The number of amides is 2. The van der Waals surface area contributed by atoms with Crippen molar-refractivity contribution < 1.29 is 9.59 Å². The van der Waals surface area contributed by atoms with E-state index in [1.54, 1.807) is 23.1 Å². The zero-order valence-corrected chi connectivity index (χ0v) is 16.5. The van der Waals surface area contributed by atoms with Gasteiger partial charge >= 0.3 is 0 Å². The fourth-order valence-corrected chi connectivity index (χ4v) is 3.08. The Morgan fingerprint density at radius 2 is 2.08 bits per heavy atom. The number of hydrogen-bond acceptors (Lipinski definition) is 3. The van der Waals surface area contributed by atoms with Gasteiger partial charge in [0, 0.05) is 25.2 Å². The molecule has 0 radical (unpaired) electrons. The first-order valence-corrected chi connectivity index (χ1v) is 8.70. The highest BCUT2D eigenvalue weighted by molar-refractivity contribution is 6.34. The molecule has 0 aromatic heterocycles. The fourth-order valence-electron chi connectivity index (χ4n) is 2.88. The van der Waals surface area contributed by atoms with Gasteiger partial charge in [0.15, 0.2) is 0 Å². The van der Waals surface area contributed by atoms with E-state index in [9.17, 15) is 9.59 Å². The molecule has 1 aliphatic rings. The number of carbonyl (C=O) groups is 2. The Bertz CT molecular complexity index is 637. The van der Waals surface area contributed by atoms with Gasteiger partial charge in [0.1, 0.15) is 0 Å². The number of rotatable bonds is 5. The number of anilines is 1. The van der Waals surface area contributed by atoms with Gasteiger partial charge in [-0.25, -0.2) is 0 Å². The minimum atomic E-state index is -0.114. The van der Waals surface area contributed by atoms with Gasteiger partial charge in [-0.15, -0.1) is 12.4 Å². The summed E-state index contributed by atoms with van der Waals surface area (Å²) in [5, 5.41) is 3.22. The molecule has 1 fully saturated rings. The molecule has 1 saturated heterocycles. The molecule has 1 aromatic rings. The van der Waals surface area contributed by atoms with Crippen LogP contribution in [0.5, 0.6) is 0 Å². The molecule has 0 bridgehead atoms. The van der Waals surface area contributed by atoms with E-state index >= 15 is 0 Å². The molecule has 2 rings (SSSR count). The first kappa shape index (κ1) is 21.7. The molecule has 5 nitrogen and oxygen atoms in total. The lowest BCUT2D eigenvalue weighted by Gasteiger charge is -2.23. The summed E-state index contributed by atoms with van der Waals surface area (Å²) in [4.78, 5) is 26.5. The van der Waals surface area contributed by atoms with E-state index in [1.807, 2.05) is 13.8 Å². The van der Waals surface area contributed by atoms with Crippen molar-refractivity contribution in [2.45, 2.75) is 33.6 Å². The van der Waals surface area contributed by atoms with Crippen LogP contribution in [0, 0.1) is 11.3 Å². The predicted octanol–water partition coefficient (Wildman–Crippen LogP) is 3.56. The van der Waals surface area contributed by atoms with Crippen molar-refractivity contribution in [3.63, 3.8) is 0 Å². The van der Waals surface area contributed by atoms with E-state index in [-0.39, 0.29) is 35.6 Å². The topological polar surface area (TPSA) is 75.4 Å². The van der Waals surface area contributed by atoms with Gasteiger partial charge in [-0.05, 0) is 42.5 Å². The van der Waals surface area contributed by atoms with Crippen LogP contribution in [0.25, 0.3) is 0 Å². The molecule has 1 aliphatic heterocycles. The summed E-state index contributed by atoms with van der Waals surface area (Å²) in [6, 6.07) is 5.02. The van der Waals surface area contributed by atoms with Crippen LogP contribution in [0.3, 0.4) is 0 Å². The average Bonchev–Trinajstić information content (AvgIpc) is 2.91. The molecule has 7 heteroatoms. The molecule has 1 aromatic carbocycles. The largest absolute Gasteiger partial charge is 0.338 e. The summed E-state index contributed by atoms with van der Waals surface area (Å²) >= 11 is 6.21. The van der Waals surface area contributed by atoms with Crippen LogP contribution in [0.2, 0.25) is 5.02 Å². The Morgan fingerprint density at radius 3 is 2.64 bits per heavy atom. The molecule has 0 saturated carbocycles. The van der Waals surface area contributed by atoms with E-state index in [1.165, 1.54) is 0 Å². The third kappa shape index (κ3) is 5.59. The Labute approximate surface area is 160 Å². The number of nitrogens with two attached hydrogens (primary N) is 1. The van der Waals surface area contributed by atoms with Crippen LogP contribution in [0.15, 0.2) is 18.2 Å². The van der Waals surface area contributed by atoms with E-state index in [0.717, 1.165) is 6.42 Å². The van der Waals surface area contributed by atoms with Crippen LogP contribution in [0.1, 0.15) is 44.0 Å². The van der Waals surface area contributed by atoms with Gasteiger partial charge in [0.25, 0.3) is 5.91 Å². The first-order chi connectivity index (χ1) is 11.2. The average molecular weight is 388 g/mol. The Morgan fingerprint density at radius 1 is 1.40 bits per heavy atom. The predicted molar refractivity (Wildman–Crippen MR) is 104 cm³/mol. The lowest BCUT2D eigenvalue weighted by atomic mass is 9.90. The minimum absolute atomic E-state index is 0. The second-order valence-corrected chi connectivity index (χ2v) is 7.74. The monoisotopic (exact) mass is 387 g/mol. The number of nitrogens with zero attached hydrogens (tertiary/aromatic N) is 1. The van der Waals surface area contributed by atoms with Crippen molar-refractivity contribution in [3.8, 4) is 0 Å². The Kier molecular flexibility index (Phi) is 7.72. The van der Waals surface area contributed by atoms with Crippen LogP contribution in [0.4, 0.5) is 5.69 Å². The third-order valence-electron chi connectivity index (χ3n) is 4.41. The first-order valence-electron chi connectivity index (χ1n) is 8.33. The molecule has 3 N–H and O–H groups in total. The maximum absolute atomic E-state index is 12.8. The maximum atomic E-state index is 12.8. The SMILES string of the molecule is CC(C)CC(=O)Nc1ccc(Cl)c(C(=O)N2CCC(C)(CN)C2)c1.Cl. The smallest absolute Gasteiger partial charge is 0.255 e. The lowest BCUT2D eigenvalue weighted by Crippen LogP contribution is -2.34. The molecule has 25 heavy (non-hydrogen) atoms. The summed E-state index contributed by atoms with van der Waals surface area (Å²) in [5.41, 5.74) is 6.78. The lowest BCUT2D eigenvalue weighted by molar-refractivity contribution is -0.116. The second-order valence-electron chi connectivity index (χ2n) is 7.33. The number of hydrogen-bond donors (Lipinski definition) is 2. The van der Waals surface area contributed by atoms with E-state index in [2.05, 4.69) is 12.2 Å². The standard InChI is InChI=1S/C18H26ClN3O2.ClH/c1-12(2)8-16(23)21-13-4-5-15(19)14(9-13)17(24)22-7-6-18(3,10-20)11-22;/h4-5,9,12H,6-8,10-11,20H2,1-3H3,(H,21,23);1H. The molecule has 0 aliphatic carbocycles. The van der Waals surface area contributed by atoms with Crippen LogP contribution in [-0.2, 0) is 4.79 Å². The van der Waals surface area contributed by atoms with Gasteiger partial charge in [-0.3, -0.25) is 9.59 Å². The van der Waals surface area contributed by atoms with Gasteiger partial charge in [-0.2, -0.15) is 0 Å². The van der Waals surface area contributed by atoms with Gasteiger partial charge in [-0.1, -0.05) is 32.4 Å². The minimum Gasteiger partial charge on any atom is -0.338 e. The summed E-state index contributed by atoms with van der Waals surface area (Å²) in [5.74, 6) is 0.0941. The Balaban J connectivity index is 0.00000312. The molecule has 0 spiro atoms. The van der Waals surface area contributed by atoms with Gasteiger partial charge in [0.05, 0.1) is 10.6 Å². The number of nitrogens with one attached hydrogen (secondary N) is 1. The van der Waals surface area contributed by atoms with E-state index in [0.29, 0.717) is 42.3 Å². The normalized spacial score (nSPS) is 19.7. The van der Waals surface area contributed by atoms with Gasteiger partial charge in [0.2, 0.25) is 5.91 Å². The highest BCUT2D eigenvalue weighted by Crippen LogP contribution is 2.31. The number of carbonyl (C=O) groups excluding carboxylic acids is 2. The summed E-state index contributed by atoms with van der Waals surface area (Å²) in [6.45, 7) is 7.91. The Hall–Kier alpha value is -1.30. The maximum Gasteiger partial charge on any atom is 0.255 e. The highest BCUT2D eigenvalue weighted by Gasteiger charge is 2.35. The zero-order valence-electron chi connectivity index (χ0n) is 15.0. The molecule has 2 amide bonds. The summed E-state index contributed by atoms with van der Waals surface area (Å²) in [6.07, 6.45) is 1.32. The van der Waals surface area contributed by atoms with Crippen molar-refractivity contribution >= 4 is 41.5 Å². The van der Waals surface area contributed by atoms with Crippen LogP contribution >= 0.6 is 24.0 Å². The molecular formula is C18H27Cl2N3O2. The van der Waals surface area contributed by atoms with E-state index < -0.39 is 0 Å². The molecule has 1 unspecified atom stereocenters. The fraction of sp³-hybridized carbons (Fsp3) is 0.556. The van der Waals surface area contributed by atoms with E-state index in [4.69, 9.17) is 17.3 Å². The van der Waals surface area contributed by atoms with Crippen molar-refractivity contribution in [3.05, 3.63) is 28.8 Å². The molecule has 140 valence electrons.